The van der Waals surface area contributed by atoms with E-state index < -0.39 is 0 Å². The number of nitriles is 1. The van der Waals surface area contributed by atoms with Crippen LogP contribution in [0.2, 0.25) is 0 Å². The Kier molecular flexibility index (Phi) is 5.71. The second-order valence-corrected chi connectivity index (χ2v) is 7.58. The van der Waals surface area contributed by atoms with Gasteiger partial charge >= 0.3 is 6.03 Å². The molecule has 2 saturated heterocycles. The number of likely N-dealkylation sites (tertiary alicyclic amines) is 1. The number of anilines is 2. The lowest BCUT2D eigenvalue weighted by Gasteiger charge is -2.26. The number of ether oxygens (including phenoxy) is 3. The average Bonchev–Trinajstić information content (AvgIpc) is 3.39. The third-order valence-electron chi connectivity index (χ3n) is 5.93. The van der Waals surface area contributed by atoms with Gasteiger partial charge in [-0.1, -0.05) is 0 Å². The van der Waals surface area contributed by atoms with Crippen molar-refractivity contribution in [3.63, 3.8) is 0 Å². The van der Waals surface area contributed by atoms with Gasteiger partial charge in [0.05, 0.1) is 38.6 Å². The molecule has 4 rings (SSSR count). The number of aromatic nitrogens is 1. The van der Waals surface area contributed by atoms with Gasteiger partial charge in [0.15, 0.2) is 11.5 Å². The monoisotopic (exact) mass is 423 g/mol. The summed E-state index contributed by atoms with van der Waals surface area (Å²) in [7, 11) is 4.62. The van der Waals surface area contributed by atoms with Crippen LogP contribution in [0.3, 0.4) is 0 Å². The van der Waals surface area contributed by atoms with Gasteiger partial charge in [0.2, 0.25) is 5.75 Å². The van der Waals surface area contributed by atoms with Crippen LogP contribution in [-0.2, 0) is 0 Å². The molecule has 0 spiro atoms. The Bertz CT molecular complexity index is 979. The van der Waals surface area contributed by atoms with E-state index in [1.54, 1.807) is 24.4 Å². The molecule has 2 aromatic rings. The Morgan fingerprint density at radius 2 is 1.90 bits per heavy atom. The Morgan fingerprint density at radius 3 is 2.48 bits per heavy atom. The number of rotatable bonds is 5. The molecule has 2 unspecified atom stereocenters. The number of methoxy groups -OCH3 is 3. The number of amides is 2. The van der Waals surface area contributed by atoms with E-state index in [1.165, 1.54) is 21.3 Å². The minimum absolute atomic E-state index is 0.111. The van der Waals surface area contributed by atoms with Crippen LogP contribution in [0, 0.1) is 17.2 Å². The van der Waals surface area contributed by atoms with Crippen molar-refractivity contribution in [1.29, 1.82) is 5.26 Å². The number of nitrogens with zero attached hydrogens (tertiary/aromatic N) is 4. The van der Waals surface area contributed by atoms with Crippen LogP contribution in [0.4, 0.5) is 16.3 Å². The van der Waals surface area contributed by atoms with Crippen LogP contribution in [0.25, 0.3) is 0 Å². The summed E-state index contributed by atoms with van der Waals surface area (Å²) in [4.78, 5) is 21.5. The molecular weight excluding hydrogens is 398 g/mol. The van der Waals surface area contributed by atoms with Gasteiger partial charge in [0, 0.05) is 43.9 Å². The first-order valence-electron chi connectivity index (χ1n) is 10.1. The average molecular weight is 423 g/mol. The normalized spacial score (nSPS) is 19.5. The van der Waals surface area contributed by atoms with Crippen LogP contribution in [0.5, 0.6) is 17.2 Å². The highest BCUT2D eigenvalue weighted by Gasteiger charge is 2.43. The van der Waals surface area contributed by atoms with Gasteiger partial charge in [0.25, 0.3) is 0 Å². The molecule has 2 aliphatic heterocycles. The number of hydrogen-bond donors (Lipinski definition) is 1. The first kappa shape index (κ1) is 20.6. The molecule has 9 heteroatoms. The molecule has 2 fully saturated rings. The number of fused-ring (bicyclic) bond motifs is 1. The maximum atomic E-state index is 13.1. The molecular formula is C22H25N5O4. The number of pyridine rings is 1. The number of nitrogens with one attached hydrogen (secondary N) is 1. The summed E-state index contributed by atoms with van der Waals surface area (Å²) in [6.07, 6.45) is 2.53. The molecule has 0 saturated carbocycles. The van der Waals surface area contributed by atoms with Gasteiger partial charge in [0.1, 0.15) is 11.9 Å². The zero-order chi connectivity index (χ0) is 22.0. The van der Waals surface area contributed by atoms with Gasteiger partial charge < -0.3 is 29.3 Å². The molecule has 31 heavy (non-hydrogen) atoms. The highest BCUT2D eigenvalue weighted by atomic mass is 16.5. The summed E-state index contributed by atoms with van der Waals surface area (Å²) in [5.74, 6) is 2.66. The fourth-order valence-electron chi connectivity index (χ4n) is 4.39. The Morgan fingerprint density at radius 1 is 1.16 bits per heavy atom. The predicted octanol–water partition coefficient (Wildman–Crippen LogP) is 2.72. The van der Waals surface area contributed by atoms with Gasteiger partial charge in [-0.2, -0.15) is 5.26 Å². The van der Waals surface area contributed by atoms with E-state index in [9.17, 15) is 4.79 Å². The van der Waals surface area contributed by atoms with E-state index in [4.69, 9.17) is 19.5 Å². The second kappa shape index (κ2) is 8.60. The Balaban J connectivity index is 1.47. The van der Waals surface area contributed by atoms with E-state index in [1.807, 2.05) is 11.0 Å². The molecule has 2 atom stereocenters. The molecule has 1 aromatic heterocycles. The topological polar surface area (TPSA) is 100.0 Å². The maximum absolute atomic E-state index is 13.1. The van der Waals surface area contributed by atoms with Crippen molar-refractivity contribution in [2.75, 3.05) is 51.2 Å². The van der Waals surface area contributed by atoms with Crippen LogP contribution in [0.1, 0.15) is 12.0 Å². The number of carbonyl (C=O) groups excluding carboxylic acids is 1. The van der Waals surface area contributed by atoms with E-state index in [0.29, 0.717) is 47.5 Å². The van der Waals surface area contributed by atoms with Crippen LogP contribution < -0.4 is 24.4 Å². The third kappa shape index (κ3) is 3.89. The lowest BCUT2D eigenvalue weighted by atomic mass is 10.1. The first-order valence-corrected chi connectivity index (χ1v) is 10.1. The SMILES string of the molecule is COc1cc(NC(=O)N2CCC3CN(c4ccc(C#N)cn4)CC32)cc(OC)c1OC. The first-order chi connectivity index (χ1) is 15.1. The molecule has 0 aliphatic carbocycles. The molecule has 0 radical (unpaired) electrons. The van der Waals surface area contributed by atoms with Gasteiger partial charge in [-0.05, 0) is 18.6 Å². The van der Waals surface area contributed by atoms with Crippen molar-refractivity contribution in [1.82, 2.24) is 9.88 Å². The molecule has 2 amide bonds. The molecule has 1 N–H and O–H groups in total. The van der Waals surface area contributed by atoms with Crippen molar-refractivity contribution in [3.05, 3.63) is 36.0 Å². The summed E-state index contributed by atoms with van der Waals surface area (Å²) in [5.41, 5.74) is 1.11. The fourth-order valence-corrected chi connectivity index (χ4v) is 4.39. The smallest absolute Gasteiger partial charge is 0.322 e. The maximum Gasteiger partial charge on any atom is 0.322 e. The van der Waals surface area contributed by atoms with Crippen LogP contribution in [0.15, 0.2) is 30.5 Å². The minimum Gasteiger partial charge on any atom is -0.493 e. The molecule has 9 nitrogen and oxygen atoms in total. The Labute approximate surface area is 181 Å². The largest absolute Gasteiger partial charge is 0.493 e. The van der Waals surface area contributed by atoms with Crippen molar-refractivity contribution in [2.24, 2.45) is 5.92 Å². The summed E-state index contributed by atoms with van der Waals surface area (Å²) in [6, 6.07) is 9.10. The highest BCUT2D eigenvalue weighted by molar-refractivity contribution is 5.91. The summed E-state index contributed by atoms with van der Waals surface area (Å²) < 4.78 is 16.1. The summed E-state index contributed by atoms with van der Waals surface area (Å²) in [5, 5.41) is 11.9. The number of urea groups is 1. The highest BCUT2D eigenvalue weighted by Crippen LogP contribution is 2.40. The molecule has 1 aromatic carbocycles. The van der Waals surface area contributed by atoms with Gasteiger partial charge in [-0.3, -0.25) is 0 Å². The van der Waals surface area contributed by atoms with E-state index >= 15 is 0 Å². The minimum atomic E-state index is -0.156. The van der Waals surface area contributed by atoms with E-state index in [2.05, 4.69) is 21.3 Å². The quantitative estimate of drug-likeness (QED) is 0.789. The molecule has 0 bridgehead atoms. The lowest BCUT2D eigenvalue weighted by molar-refractivity contribution is 0.207. The number of benzene rings is 1. The zero-order valence-electron chi connectivity index (χ0n) is 17.8. The number of hydrogen-bond acceptors (Lipinski definition) is 7. The number of carbonyl (C=O) groups is 1. The standard InChI is InChI=1S/C22H25N5O4/c1-29-18-8-16(9-19(30-2)21(18)31-3)25-22(28)27-7-6-15-12-26(13-17(15)27)20-5-4-14(10-23)11-24-20/h4-5,8-9,11,15,17H,6-7,12-13H2,1-3H3,(H,25,28). The van der Waals surface area contributed by atoms with Crippen molar-refractivity contribution < 1.29 is 19.0 Å². The summed E-state index contributed by atoms with van der Waals surface area (Å²) >= 11 is 0. The van der Waals surface area contributed by atoms with Crippen molar-refractivity contribution in [2.45, 2.75) is 12.5 Å². The van der Waals surface area contributed by atoms with Gasteiger partial charge in [-0.15, -0.1) is 0 Å². The predicted molar refractivity (Wildman–Crippen MR) is 115 cm³/mol. The van der Waals surface area contributed by atoms with Gasteiger partial charge in [-0.25, -0.2) is 9.78 Å². The van der Waals surface area contributed by atoms with E-state index in [0.717, 1.165) is 18.8 Å². The third-order valence-corrected chi connectivity index (χ3v) is 5.93. The lowest BCUT2D eigenvalue weighted by Crippen LogP contribution is -2.42. The van der Waals surface area contributed by atoms with Crippen LogP contribution >= 0.6 is 0 Å². The van der Waals surface area contributed by atoms with Crippen LogP contribution in [-0.4, -0.2) is 62.9 Å². The Hall–Kier alpha value is -3.67. The second-order valence-electron chi connectivity index (χ2n) is 7.58. The fraction of sp³-hybridized carbons (Fsp3) is 0.409. The van der Waals surface area contributed by atoms with Crippen molar-refractivity contribution in [3.8, 4) is 23.3 Å². The van der Waals surface area contributed by atoms with E-state index in [-0.39, 0.29) is 12.1 Å². The molecule has 2 aliphatic rings. The molecule has 162 valence electrons. The summed E-state index contributed by atoms with van der Waals surface area (Å²) in [6.45, 7) is 2.27. The molecule has 3 heterocycles. The zero-order valence-corrected chi connectivity index (χ0v) is 17.8. The van der Waals surface area contributed by atoms with Crippen molar-refractivity contribution >= 4 is 17.5 Å².